The van der Waals surface area contributed by atoms with Crippen LogP contribution < -0.4 is 4.74 Å². The third-order valence-electron chi connectivity index (χ3n) is 3.26. The summed E-state index contributed by atoms with van der Waals surface area (Å²) in [5, 5.41) is 0. The van der Waals surface area contributed by atoms with E-state index < -0.39 is 0 Å². The first-order chi connectivity index (χ1) is 7.84. The zero-order chi connectivity index (χ0) is 11.0. The van der Waals surface area contributed by atoms with Gasteiger partial charge >= 0.3 is 0 Å². The highest BCUT2D eigenvalue weighted by atomic mass is 16.5. The van der Waals surface area contributed by atoms with E-state index in [0.717, 1.165) is 23.7 Å². The molecule has 0 aromatic carbocycles. The Bertz CT molecular complexity index is 502. The third kappa shape index (κ3) is 1.54. The summed E-state index contributed by atoms with van der Waals surface area (Å²) in [6, 6.07) is 4.53. The number of nitrogens with zero attached hydrogens (tertiary/aromatic N) is 3. The van der Waals surface area contributed by atoms with E-state index in [-0.39, 0.29) is 0 Å². The topological polar surface area (TPSA) is 39.9 Å². The fourth-order valence-electron chi connectivity index (χ4n) is 1.98. The lowest BCUT2D eigenvalue weighted by molar-refractivity contribution is 0.167. The average molecular weight is 217 g/mol. The number of ether oxygens (including phenoxy) is 1. The minimum atomic E-state index is 0.681. The first-order valence-corrected chi connectivity index (χ1v) is 5.75. The van der Waals surface area contributed by atoms with E-state index >= 15 is 0 Å². The molecule has 1 aliphatic rings. The predicted molar refractivity (Wildman–Crippen MR) is 61.3 cm³/mol. The first kappa shape index (κ1) is 9.63. The van der Waals surface area contributed by atoms with Gasteiger partial charge in [-0.05, 0) is 30.9 Å². The van der Waals surface area contributed by atoms with Crippen LogP contribution >= 0.6 is 0 Å². The number of pyridine rings is 1. The molecule has 0 bridgehead atoms. The molecule has 1 saturated carbocycles. The molecular weight excluding hydrogens is 202 g/mol. The molecule has 4 heteroatoms. The Morgan fingerprint density at radius 2 is 2.38 bits per heavy atom. The normalized spacial score (nSPS) is 16.3. The van der Waals surface area contributed by atoms with Crippen LogP contribution in [0.4, 0.5) is 0 Å². The number of fused-ring (bicyclic) bond motifs is 1. The molecule has 0 radical (unpaired) electrons. The highest BCUT2D eigenvalue weighted by Crippen LogP contribution is 2.27. The lowest BCUT2D eigenvalue weighted by Crippen LogP contribution is -2.20. The van der Waals surface area contributed by atoms with Crippen molar-refractivity contribution in [3.05, 3.63) is 18.3 Å². The molecule has 0 amide bonds. The Morgan fingerprint density at radius 1 is 1.50 bits per heavy atom. The van der Waals surface area contributed by atoms with Gasteiger partial charge in [-0.3, -0.25) is 4.57 Å². The zero-order valence-corrected chi connectivity index (χ0v) is 9.39. The quantitative estimate of drug-likeness (QED) is 0.790. The summed E-state index contributed by atoms with van der Waals surface area (Å²) in [4.78, 5) is 8.70. The van der Waals surface area contributed by atoms with Crippen molar-refractivity contribution in [3.8, 4) is 6.01 Å². The molecule has 0 saturated heterocycles. The van der Waals surface area contributed by atoms with Crippen molar-refractivity contribution in [2.75, 3.05) is 6.61 Å². The Labute approximate surface area is 94.3 Å². The van der Waals surface area contributed by atoms with Crippen LogP contribution in [0.2, 0.25) is 0 Å². The van der Waals surface area contributed by atoms with Gasteiger partial charge < -0.3 is 4.74 Å². The van der Waals surface area contributed by atoms with E-state index in [9.17, 15) is 0 Å². The Hall–Kier alpha value is -1.58. The SMILES string of the molecule is Cn1c(OCC2CCC2)nc2cccnc21. The molecular formula is C12H15N3O. The summed E-state index contributed by atoms with van der Waals surface area (Å²) in [5.74, 6) is 0.729. The van der Waals surface area contributed by atoms with E-state index in [0.29, 0.717) is 6.01 Å². The van der Waals surface area contributed by atoms with Gasteiger partial charge in [-0.15, -0.1) is 0 Å². The van der Waals surface area contributed by atoms with Gasteiger partial charge in [0.15, 0.2) is 5.65 Å². The van der Waals surface area contributed by atoms with Crippen molar-refractivity contribution in [2.24, 2.45) is 13.0 Å². The van der Waals surface area contributed by atoms with E-state index in [1.807, 2.05) is 23.7 Å². The van der Waals surface area contributed by atoms with Crippen LogP contribution in [0.5, 0.6) is 6.01 Å². The number of hydrogen-bond donors (Lipinski definition) is 0. The highest BCUT2D eigenvalue weighted by Gasteiger charge is 2.19. The molecule has 0 unspecified atom stereocenters. The van der Waals surface area contributed by atoms with Crippen molar-refractivity contribution >= 4 is 11.2 Å². The number of hydrogen-bond acceptors (Lipinski definition) is 3. The molecule has 1 fully saturated rings. The molecule has 4 nitrogen and oxygen atoms in total. The van der Waals surface area contributed by atoms with E-state index in [4.69, 9.17) is 4.74 Å². The molecule has 0 N–H and O–H groups in total. The van der Waals surface area contributed by atoms with E-state index in [2.05, 4.69) is 9.97 Å². The zero-order valence-electron chi connectivity index (χ0n) is 9.39. The summed E-state index contributed by atoms with van der Waals surface area (Å²) >= 11 is 0. The van der Waals surface area contributed by atoms with Gasteiger partial charge in [-0.1, -0.05) is 6.42 Å². The van der Waals surface area contributed by atoms with Crippen molar-refractivity contribution in [1.82, 2.24) is 14.5 Å². The monoisotopic (exact) mass is 217 g/mol. The van der Waals surface area contributed by atoms with Crippen LogP contribution in [0.25, 0.3) is 11.2 Å². The number of imidazole rings is 1. The summed E-state index contributed by atoms with van der Waals surface area (Å²) in [5.41, 5.74) is 1.78. The standard InChI is InChI=1S/C12H15N3O/c1-15-11-10(6-3-7-13-11)14-12(15)16-8-9-4-2-5-9/h3,6-7,9H,2,4-5,8H2,1H3. The van der Waals surface area contributed by atoms with Crippen molar-refractivity contribution in [1.29, 1.82) is 0 Å². The second kappa shape index (κ2) is 3.77. The number of rotatable bonds is 3. The molecule has 0 aliphatic heterocycles. The maximum Gasteiger partial charge on any atom is 0.298 e. The smallest absolute Gasteiger partial charge is 0.298 e. The highest BCUT2D eigenvalue weighted by molar-refractivity contribution is 5.71. The number of aromatic nitrogens is 3. The minimum Gasteiger partial charge on any atom is -0.464 e. The van der Waals surface area contributed by atoms with Gasteiger partial charge in [0.2, 0.25) is 0 Å². The Balaban J connectivity index is 1.82. The van der Waals surface area contributed by atoms with Crippen LogP contribution in [-0.2, 0) is 7.05 Å². The van der Waals surface area contributed by atoms with Crippen LogP contribution in [0.15, 0.2) is 18.3 Å². The van der Waals surface area contributed by atoms with Crippen LogP contribution in [0.1, 0.15) is 19.3 Å². The lowest BCUT2D eigenvalue weighted by atomic mass is 9.86. The van der Waals surface area contributed by atoms with Gasteiger partial charge in [0.1, 0.15) is 5.52 Å². The predicted octanol–water partition coefficient (Wildman–Crippen LogP) is 2.15. The van der Waals surface area contributed by atoms with Crippen LogP contribution in [0.3, 0.4) is 0 Å². The fourth-order valence-corrected chi connectivity index (χ4v) is 1.98. The van der Waals surface area contributed by atoms with E-state index in [1.54, 1.807) is 6.20 Å². The maximum absolute atomic E-state index is 5.74. The largest absolute Gasteiger partial charge is 0.464 e. The maximum atomic E-state index is 5.74. The second-order valence-electron chi connectivity index (χ2n) is 4.41. The summed E-state index contributed by atoms with van der Waals surface area (Å²) in [7, 11) is 1.94. The molecule has 0 spiro atoms. The van der Waals surface area contributed by atoms with E-state index in [1.165, 1.54) is 19.3 Å². The van der Waals surface area contributed by atoms with Crippen molar-refractivity contribution < 1.29 is 4.74 Å². The van der Waals surface area contributed by atoms with Crippen molar-refractivity contribution in [2.45, 2.75) is 19.3 Å². The molecule has 2 heterocycles. The van der Waals surface area contributed by atoms with Gasteiger partial charge in [-0.2, -0.15) is 4.98 Å². The fraction of sp³-hybridized carbons (Fsp3) is 0.500. The first-order valence-electron chi connectivity index (χ1n) is 5.75. The summed E-state index contributed by atoms with van der Waals surface area (Å²) in [6.07, 6.45) is 5.71. The third-order valence-corrected chi connectivity index (χ3v) is 3.26. The van der Waals surface area contributed by atoms with Crippen LogP contribution in [-0.4, -0.2) is 21.1 Å². The van der Waals surface area contributed by atoms with Crippen LogP contribution in [0, 0.1) is 5.92 Å². The number of aryl methyl sites for hydroxylation is 1. The van der Waals surface area contributed by atoms with Crippen molar-refractivity contribution in [3.63, 3.8) is 0 Å². The molecule has 2 aromatic heterocycles. The Kier molecular flexibility index (Phi) is 2.27. The molecule has 84 valence electrons. The van der Waals surface area contributed by atoms with Gasteiger partial charge in [0.05, 0.1) is 6.61 Å². The molecule has 0 atom stereocenters. The second-order valence-corrected chi connectivity index (χ2v) is 4.41. The summed E-state index contributed by atoms with van der Waals surface area (Å²) in [6.45, 7) is 0.789. The molecule has 3 rings (SSSR count). The van der Waals surface area contributed by atoms with Gasteiger partial charge in [0, 0.05) is 13.2 Å². The van der Waals surface area contributed by atoms with Gasteiger partial charge in [-0.25, -0.2) is 4.98 Å². The molecule has 1 aliphatic carbocycles. The lowest BCUT2D eigenvalue weighted by Gasteiger charge is -2.24. The molecule has 2 aromatic rings. The minimum absolute atomic E-state index is 0.681. The Morgan fingerprint density at radius 3 is 3.06 bits per heavy atom. The molecule has 16 heavy (non-hydrogen) atoms. The average Bonchev–Trinajstić information content (AvgIpc) is 2.55. The summed E-state index contributed by atoms with van der Waals surface area (Å²) < 4.78 is 7.65. The van der Waals surface area contributed by atoms with Gasteiger partial charge in [0.25, 0.3) is 6.01 Å².